The second kappa shape index (κ2) is 15.9. The molecule has 1 aliphatic heterocycles. The lowest BCUT2D eigenvalue weighted by Gasteiger charge is -2.33. The summed E-state index contributed by atoms with van der Waals surface area (Å²) in [6.07, 6.45) is -13.4. The summed E-state index contributed by atoms with van der Waals surface area (Å²) in [5, 5.41) is 21.4. The fourth-order valence-electron chi connectivity index (χ4n) is 4.60. The maximum Gasteiger partial charge on any atom is 0.490 e. The van der Waals surface area contributed by atoms with E-state index in [4.69, 9.17) is 29.7 Å². The molecule has 1 saturated heterocycles. The van der Waals surface area contributed by atoms with Gasteiger partial charge in [-0.15, -0.1) is 0 Å². The van der Waals surface area contributed by atoms with E-state index in [0.717, 1.165) is 19.6 Å². The predicted octanol–water partition coefficient (Wildman–Crippen LogP) is 5.59. The van der Waals surface area contributed by atoms with Crippen molar-refractivity contribution in [3.05, 3.63) is 65.5 Å². The molecular weight excluding hydrogens is 633 g/mol. The highest BCUT2D eigenvalue weighted by molar-refractivity contribution is 5.73. The Bertz CT molecular complexity index is 1210. The monoisotopic (exact) mass is 663 g/mol. The van der Waals surface area contributed by atoms with Gasteiger partial charge in [-0.1, -0.05) is 30.3 Å². The molecular formula is C27H30F9N3O6. The molecule has 2 heterocycles. The minimum Gasteiger partial charge on any atom is -0.475 e. The summed E-state index contributed by atoms with van der Waals surface area (Å²) < 4.78 is 95.2. The van der Waals surface area contributed by atoms with Crippen LogP contribution in [0.5, 0.6) is 0 Å². The van der Waals surface area contributed by atoms with Crippen molar-refractivity contribution in [3.8, 4) is 0 Å². The average Bonchev–Trinajstić information content (AvgIpc) is 3.44. The molecule has 3 atom stereocenters. The van der Waals surface area contributed by atoms with Crippen molar-refractivity contribution in [3.63, 3.8) is 0 Å². The van der Waals surface area contributed by atoms with Gasteiger partial charge in [-0.3, -0.25) is 14.8 Å². The molecule has 1 aromatic heterocycles. The Labute approximate surface area is 250 Å². The van der Waals surface area contributed by atoms with Gasteiger partial charge in [0.1, 0.15) is 0 Å². The number of benzene rings is 1. The van der Waals surface area contributed by atoms with Crippen molar-refractivity contribution in [2.24, 2.45) is 5.92 Å². The first-order valence-corrected chi connectivity index (χ1v) is 12.8. The number of nitrogens with zero attached hydrogens (tertiary/aromatic N) is 3. The number of hydrogen-bond acceptors (Lipinski definition) is 6. The highest BCUT2D eigenvalue weighted by Crippen LogP contribution is 2.51. The first-order valence-electron chi connectivity index (χ1n) is 12.8. The predicted molar refractivity (Wildman–Crippen MR) is 139 cm³/mol. The van der Waals surface area contributed by atoms with Crippen LogP contribution < -0.4 is 0 Å². The number of carbonyl (C=O) groups is 3. The number of fused-ring (bicyclic) bond motifs is 3. The molecule has 18 heteroatoms. The van der Waals surface area contributed by atoms with Gasteiger partial charge < -0.3 is 15.3 Å². The Balaban J connectivity index is 0.000000396. The molecule has 2 aliphatic rings. The molecule has 0 radical (unpaired) electrons. The molecule has 1 aromatic carbocycles. The minimum absolute atomic E-state index is 0.542. The molecule has 45 heavy (non-hydrogen) atoms. The highest BCUT2D eigenvalue weighted by atomic mass is 19.4. The van der Waals surface area contributed by atoms with E-state index in [1.54, 1.807) is 11.1 Å². The molecule has 2 aromatic rings. The summed E-state index contributed by atoms with van der Waals surface area (Å²) in [6.45, 7) is 7.89. The van der Waals surface area contributed by atoms with E-state index in [0.29, 0.717) is 23.9 Å². The Hall–Kier alpha value is -3.93. The lowest BCUT2D eigenvalue weighted by molar-refractivity contribution is -0.193. The normalized spacial score (nSPS) is 19.2. The SMILES string of the molecule is CC(C)N(C)[C@H]1c2ccccc2[C@@H]2CN(Cc3ccccn3)C[C@@H]21.O=C(O)C(F)(F)F.O=C(O)C(F)(F)F.O=C(O)C(F)(F)F. The van der Waals surface area contributed by atoms with Crippen molar-refractivity contribution in [1.82, 2.24) is 14.8 Å². The lowest BCUT2D eigenvalue weighted by Crippen LogP contribution is -2.35. The van der Waals surface area contributed by atoms with E-state index in [1.807, 2.05) is 12.3 Å². The molecule has 0 unspecified atom stereocenters. The van der Waals surface area contributed by atoms with Crippen LogP contribution in [-0.2, 0) is 20.9 Å². The number of alkyl halides is 9. The molecule has 4 rings (SSSR count). The van der Waals surface area contributed by atoms with E-state index in [9.17, 15) is 39.5 Å². The third-order valence-corrected chi connectivity index (χ3v) is 6.65. The standard InChI is InChI=1S/C21H27N3.3C2HF3O2/c1-15(2)23(3)21-18-10-5-4-9-17(18)19-13-24(14-20(19)21)12-16-8-6-7-11-22-16;3*3-2(4,5)1(6)7/h4-11,15,19-21H,12-14H2,1-3H3;3*(H,6,7)/t19-,20-,21-;;;/m0.../s1. The van der Waals surface area contributed by atoms with Crippen molar-refractivity contribution in [2.75, 3.05) is 20.1 Å². The van der Waals surface area contributed by atoms with Crippen LogP contribution in [0.2, 0.25) is 0 Å². The number of aliphatic carboxylic acids is 3. The van der Waals surface area contributed by atoms with Crippen molar-refractivity contribution in [2.45, 2.75) is 56.9 Å². The molecule has 0 amide bonds. The molecule has 3 N–H and O–H groups in total. The van der Waals surface area contributed by atoms with E-state index >= 15 is 0 Å². The number of halogens is 9. The van der Waals surface area contributed by atoms with Crippen molar-refractivity contribution in [1.29, 1.82) is 0 Å². The number of aromatic nitrogens is 1. The van der Waals surface area contributed by atoms with E-state index in [-0.39, 0.29) is 0 Å². The van der Waals surface area contributed by atoms with Crippen LogP contribution in [0.3, 0.4) is 0 Å². The summed E-state index contributed by atoms with van der Waals surface area (Å²) in [7, 11) is 2.29. The number of rotatable bonds is 4. The van der Waals surface area contributed by atoms with Crippen LogP contribution in [0, 0.1) is 5.92 Å². The van der Waals surface area contributed by atoms with Gasteiger partial charge in [0.05, 0.1) is 5.69 Å². The summed E-state index contributed by atoms with van der Waals surface area (Å²) in [5.41, 5.74) is 4.31. The number of likely N-dealkylation sites (tertiary alicyclic amines) is 1. The number of carboxylic acid groups (broad SMARTS) is 3. The van der Waals surface area contributed by atoms with Gasteiger partial charge in [0.15, 0.2) is 0 Å². The van der Waals surface area contributed by atoms with Gasteiger partial charge in [-0.2, -0.15) is 39.5 Å². The third-order valence-electron chi connectivity index (χ3n) is 6.65. The fraction of sp³-hybridized carbons (Fsp3) is 0.481. The van der Waals surface area contributed by atoms with Crippen LogP contribution in [0.25, 0.3) is 0 Å². The van der Waals surface area contributed by atoms with Crippen LogP contribution >= 0.6 is 0 Å². The molecule has 1 aliphatic carbocycles. The smallest absolute Gasteiger partial charge is 0.475 e. The third kappa shape index (κ3) is 12.2. The molecule has 0 spiro atoms. The summed E-state index contributed by atoms with van der Waals surface area (Å²) >= 11 is 0. The topological polar surface area (TPSA) is 131 Å². The Morgan fingerprint density at radius 3 is 1.60 bits per heavy atom. The first kappa shape index (κ1) is 39.1. The molecule has 0 bridgehead atoms. The second-order valence-electron chi connectivity index (χ2n) is 10.0. The second-order valence-corrected chi connectivity index (χ2v) is 10.0. The maximum absolute atomic E-state index is 10.6. The van der Waals surface area contributed by atoms with Gasteiger partial charge in [-0.25, -0.2) is 14.4 Å². The highest BCUT2D eigenvalue weighted by Gasteiger charge is 2.47. The zero-order valence-corrected chi connectivity index (χ0v) is 23.9. The minimum atomic E-state index is -5.08. The zero-order valence-electron chi connectivity index (χ0n) is 23.9. The Morgan fingerprint density at radius 1 is 0.800 bits per heavy atom. The van der Waals surface area contributed by atoms with Crippen LogP contribution in [0.4, 0.5) is 39.5 Å². The summed E-state index contributed by atoms with van der Waals surface area (Å²) in [4.78, 5) is 36.4. The first-order chi connectivity index (χ1) is 20.5. The van der Waals surface area contributed by atoms with Gasteiger partial charge >= 0.3 is 36.4 Å². The maximum atomic E-state index is 10.6. The molecule has 1 fully saturated rings. The summed E-state index contributed by atoms with van der Waals surface area (Å²) in [5.74, 6) is -6.91. The van der Waals surface area contributed by atoms with E-state index in [2.05, 4.69) is 72.1 Å². The Kier molecular flexibility index (Phi) is 13.8. The number of hydrogen-bond donors (Lipinski definition) is 3. The van der Waals surface area contributed by atoms with E-state index in [1.165, 1.54) is 5.69 Å². The number of pyridine rings is 1. The van der Waals surface area contributed by atoms with Gasteiger partial charge in [0.2, 0.25) is 0 Å². The van der Waals surface area contributed by atoms with Crippen LogP contribution in [0.15, 0.2) is 48.7 Å². The van der Waals surface area contributed by atoms with Gasteiger partial charge in [0, 0.05) is 43.8 Å². The zero-order chi connectivity index (χ0) is 34.9. The number of carboxylic acids is 3. The van der Waals surface area contributed by atoms with E-state index < -0.39 is 36.4 Å². The van der Waals surface area contributed by atoms with Crippen LogP contribution in [0.1, 0.15) is 42.6 Å². The van der Waals surface area contributed by atoms with Gasteiger partial charge in [-0.05, 0) is 50.1 Å². The van der Waals surface area contributed by atoms with Gasteiger partial charge in [0.25, 0.3) is 0 Å². The summed E-state index contributed by atoms with van der Waals surface area (Å²) in [6, 6.07) is 16.4. The fourth-order valence-corrected chi connectivity index (χ4v) is 4.60. The quantitative estimate of drug-likeness (QED) is 0.359. The van der Waals surface area contributed by atoms with Crippen LogP contribution in [-0.4, -0.2) is 92.7 Å². The van der Waals surface area contributed by atoms with Crippen molar-refractivity contribution < 1.29 is 69.2 Å². The Morgan fingerprint density at radius 2 is 1.22 bits per heavy atom. The molecule has 252 valence electrons. The average molecular weight is 664 g/mol. The molecule has 9 nitrogen and oxygen atoms in total. The lowest BCUT2D eigenvalue weighted by atomic mass is 9.93. The van der Waals surface area contributed by atoms with Crippen molar-refractivity contribution >= 4 is 17.9 Å². The molecule has 0 saturated carbocycles. The largest absolute Gasteiger partial charge is 0.490 e.